The van der Waals surface area contributed by atoms with E-state index in [1.54, 1.807) is 0 Å². The molecule has 1 heterocycles. The fraction of sp³-hybridized carbons (Fsp3) is 0.500. The van der Waals surface area contributed by atoms with Crippen LogP contribution in [0.4, 0.5) is 15.8 Å². The number of halogens is 1. The van der Waals surface area contributed by atoms with Gasteiger partial charge in [0.15, 0.2) is 9.84 Å². The highest BCUT2D eigenvalue weighted by atomic mass is 32.2. The summed E-state index contributed by atoms with van der Waals surface area (Å²) in [6.07, 6.45) is 4.25. The Morgan fingerprint density at radius 1 is 1.22 bits per heavy atom. The Balaban J connectivity index is 2.42. The molecule has 0 atom stereocenters. The highest BCUT2D eigenvalue weighted by Gasteiger charge is 2.20. The molecule has 1 fully saturated rings. The smallest absolute Gasteiger partial charge is 0.178 e. The van der Waals surface area contributed by atoms with E-state index in [0.717, 1.165) is 32.2 Å². The van der Waals surface area contributed by atoms with E-state index in [1.807, 2.05) is 4.90 Å². The van der Waals surface area contributed by atoms with Crippen LogP contribution in [0.1, 0.15) is 19.3 Å². The van der Waals surface area contributed by atoms with Gasteiger partial charge in [0, 0.05) is 25.4 Å². The predicted molar refractivity (Wildman–Crippen MR) is 70.0 cm³/mol. The third-order valence-corrected chi connectivity index (χ3v) is 4.29. The average Bonchev–Trinajstić information content (AvgIpc) is 2.31. The van der Waals surface area contributed by atoms with Crippen LogP contribution in [0.3, 0.4) is 0 Å². The maximum absolute atomic E-state index is 13.8. The number of nitrogen functional groups attached to an aromatic ring is 1. The summed E-state index contributed by atoms with van der Waals surface area (Å²) in [4.78, 5) is 1.68. The van der Waals surface area contributed by atoms with E-state index in [-0.39, 0.29) is 4.90 Å². The molecule has 0 unspecified atom stereocenters. The van der Waals surface area contributed by atoms with Crippen molar-refractivity contribution in [1.82, 2.24) is 0 Å². The number of sulfone groups is 1. The number of rotatable bonds is 2. The Kier molecular flexibility index (Phi) is 3.47. The molecule has 100 valence electrons. The fourth-order valence-corrected chi connectivity index (χ4v) is 3.01. The topological polar surface area (TPSA) is 63.4 Å². The summed E-state index contributed by atoms with van der Waals surface area (Å²) < 4.78 is 36.6. The van der Waals surface area contributed by atoms with Crippen LogP contribution in [-0.4, -0.2) is 27.8 Å². The summed E-state index contributed by atoms with van der Waals surface area (Å²) in [5, 5.41) is 0. The fourth-order valence-electron chi connectivity index (χ4n) is 2.25. The molecule has 0 radical (unpaired) electrons. The molecule has 0 saturated carbocycles. The summed E-state index contributed by atoms with van der Waals surface area (Å²) >= 11 is 0. The lowest BCUT2D eigenvalue weighted by atomic mass is 10.1. The first-order chi connectivity index (χ1) is 8.39. The molecule has 4 nitrogen and oxygen atoms in total. The number of anilines is 2. The summed E-state index contributed by atoms with van der Waals surface area (Å²) in [5.41, 5.74) is 6.76. The number of piperidine rings is 1. The second-order valence-corrected chi connectivity index (χ2v) is 6.65. The number of hydrogen-bond donors (Lipinski definition) is 1. The van der Waals surface area contributed by atoms with E-state index in [1.165, 1.54) is 18.6 Å². The maximum atomic E-state index is 13.8. The monoisotopic (exact) mass is 272 g/mol. The largest absolute Gasteiger partial charge is 0.397 e. The molecule has 2 N–H and O–H groups in total. The zero-order chi connectivity index (χ0) is 13.3. The molecule has 1 aliphatic heterocycles. The van der Waals surface area contributed by atoms with Crippen LogP contribution >= 0.6 is 0 Å². The first kappa shape index (κ1) is 13.1. The SMILES string of the molecule is CS(=O)(=O)c1cc(N)c(N2CCCCC2)cc1F. The van der Waals surface area contributed by atoms with Crippen LogP contribution in [0.5, 0.6) is 0 Å². The van der Waals surface area contributed by atoms with Gasteiger partial charge in [-0.25, -0.2) is 12.8 Å². The van der Waals surface area contributed by atoms with Gasteiger partial charge < -0.3 is 10.6 Å². The number of hydrogen-bond acceptors (Lipinski definition) is 4. The van der Waals surface area contributed by atoms with Crippen LogP contribution in [0.15, 0.2) is 17.0 Å². The lowest BCUT2D eigenvalue weighted by Gasteiger charge is -2.30. The highest BCUT2D eigenvalue weighted by Crippen LogP contribution is 2.30. The summed E-state index contributed by atoms with van der Waals surface area (Å²) in [6.45, 7) is 1.67. The van der Waals surface area contributed by atoms with E-state index in [2.05, 4.69) is 0 Å². The molecule has 1 aromatic carbocycles. The van der Waals surface area contributed by atoms with Crippen LogP contribution in [0, 0.1) is 5.82 Å². The third-order valence-electron chi connectivity index (χ3n) is 3.18. The molecular formula is C12H17FN2O2S. The van der Waals surface area contributed by atoms with Gasteiger partial charge in [-0.3, -0.25) is 0 Å². The lowest BCUT2D eigenvalue weighted by molar-refractivity contribution is 0.562. The first-order valence-electron chi connectivity index (χ1n) is 5.93. The predicted octanol–water partition coefficient (Wildman–Crippen LogP) is 1.80. The van der Waals surface area contributed by atoms with Crippen molar-refractivity contribution in [2.75, 3.05) is 30.0 Å². The zero-order valence-corrected chi connectivity index (χ0v) is 11.1. The van der Waals surface area contributed by atoms with Crippen LogP contribution < -0.4 is 10.6 Å². The molecule has 0 bridgehead atoms. The standard InChI is InChI=1S/C12H17FN2O2S/c1-18(16,17)12-8-10(14)11(7-9(12)13)15-5-3-2-4-6-15/h7-8H,2-6,14H2,1H3. The molecule has 1 aromatic rings. The van der Waals surface area contributed by atoms with E-state index < -0.39 is 15.7 Å². The van der Waals surface area contributed by atoms with Crippen molar-refractivity contribution < 1.29 is 12.8 Å². The van der Waals surface area contributed by atoms with E-state index in [4.69, 9.17) is 5.73 Å². The molecule has 6 heteroatoms. The Hall–Kier alpha value is -1.30. The quantitative estimate of drug-likeness (QED) is 0.834. The molecule has 0 aliphatic carbocycles. The highest BCUT2D eigenvalue weighted by molar-refractivity contribution is 7.90. The third kappa shape index (κ3) is 2.58. The Morgan fingerprint density at radius 3 is 2.39 bits per heavy atom. The van der Waals surface area contributed by atoms with Crippen molar-refractivity contribution >= 4 is 21.2 Å². The average molecular weight is 272 g/mol. The lowest BCUT2D eigenvalue weighted by Crippen LogP contribution is -2.30. The Bertz CT molecular complexity index is 551. The number of nitrogens with zero attached hydrogens (tertiary/aromatic N) is 1. The van der Waals surface area contributed by atoms with Gasteiger partial charge in [-0.1, -0.05) is 0 Å². The Morgan fingerprint density at radius 2 is 1.83 bits per heavy atom. The molecule has 2 rings (SSSR count). The van der Waals surface area contributed by atoms with Gasteiger partial charge >= 0.3 is 0 Å². The molecular weight excluding hydrogens is 255 g/mol. The second-order valence-electron chi connectivity index (χ2n) is 4.66. The van der Waals surface area contributed by atoms with Crippen molar-refractivity contribution in [3.05, 3.63) is 17.9 Å². The number of benzene rings is 1. The molecule has 0 aromatic heterocycles. The van der Waals surface area contributed by atoms with Crippen molar-refractivity contribution in [2.45, 2.75) is 24.2 Å². The summed E-state index contributed by atoms with van der Waals surface area (Å²) in [6, 6.07) is 2.45. The van der Waals surface area contributed by atoms with Gasteiger partial charge in [0.1, 0.15) is 10.7 Å². The zero-order valence-electron chi connectivity index (χ0n) is 10.3. The van der Waals surface area contributed by atoms with Gasteiger partial charge in [0.05, 0.1) is 11.4 Å². The Labute approximate surface area is 107 Å². The van der Waals surface area contributed by atoms with Crippen LogP contribution in [0.25, 0.3) is 0 Å². The van der Waals surface area contributed by atoms with Crippen LogP contribution in [-0.2, 0) is 9.84 Å². The molecule has 0 spiro atoms. The minimum atomic E-state index is -3.58. The van der Waals surface area contributed by atoms with E-state index in [0.29, 0.717) is 11.4 Å². The van der Waals surface area contributed by atoms with Crippen molar-refractivity contribution in [1.29, 1.82) is 0 Å². The summed E-state index contributed by atoms with van der Waals surface area (Å²) in [7, 11) is -3.58. The minimum Gasteiger partial charge on any atom is -0.397 e. The van der Waals surface area contributed by atoms with Crippen molar-refractivity contribution in [2.24, 2.45) is 0 Å². The second kappa shape index (κ2) is 4.76. The van der Waals surface area contributed by atoms with Crippen LogP contribution in [0.2, 0.25) is 0 Å². The van der Waals surface area contributed by atoms with Gasteiger partial charge in [0.25, 0.3) is 0 Å². The first-order valence-corrected chi connectivity index (χ1v) is 7.83. The minimum absolute atomic E-state index is 0.318. The maximum Gasteiger partial charge on any atom is 0.178 e. The van der Waals surface area contributed by atoms with Crippen molar-refractivity contribution in [3.63, 3.8) is 0 Å². The normalized spacial score (nSPS) is 16.9. The molecule has 0 amide bonds. The molecule has 1 saturated heterocycles. The molecule has 1 aliphatic rings. The molecule has 18 heavy (non-hydrogen) atoms. The van der Waals surface area contributed by atoms with Gasteiger partial charge in [-0.2, -0.15) is 0 Å². The van der Waals surface area contributed by atoms with E-state index in [9.17, 15) is 12.8 Å². The van der Waals surface area contributed by atoms with Gasteiger partial charge in [0.2, 0.25) is 0 Å². The summed E-state index contributed by atoms with van der Waals surface area (Å²) in [5.74, 6) is -0.729. The van der Waals surface area contributed by atoms with Crippen molar-refractivity contribution in [3.8, 4) is 0 Å². The van der Waals surface area contributed by atoms with E-state index >= 15 is 0 Å². The van der Waals surface area contributed by atoms with Gasteiger partial charge in [-0.15, -0.1) is 0 Å². The van der Waals surface area contributed by atoms with Gasteiger partial charge in [-0.05, 0) is 25.3 Å². The number of nitrogens with two attached hydrogens (primary N) is 1.